The van der Waals surface area contributed by atoms with Gasteiger partial charge in [-0.3, -0.25) is 0 Å². The van der Waals surface area contributed by atoms with Gasteiger partial charge in [-0.15, -0.1) is 0 Å². The Morgan fingerprint density at radius 2 is 1.76 bits per heavy atom. The minimum Gasteiger partial charge on any atom is -0.464 e. The summed E-state index contributed by atoms with van der Waals surface area (Å²) in [6.45, 7) is 0. The maximum Gasteiger partial charge on any atom is 0.138 e. The first-order chi connectivity index (χ1) is 10.3. The SMILES string of the molecule is Clc1ccc(-c2cc3ccccc3c3c2OC=CC3)cc1. The molecule has 3 aromatic carbocycles. The summed E-state index contributed by atoms with van der Waals surface area (Å²) in [7, 11) is 0. The van der Waals surface area contributed by atoms with E-state index in [0.29, 0.717) is 0 Å². The van der Waals surface area contributed by atoms with Crippen molar-refractivity contribution in [3.05, 3.63) is 77.5 Å². The van der Waals surface area contributed by atoms with Crippen molar-refractivity contribution in [2.75, 3.05) is 0 Å². The predicted octanol–water partition coefficient (Wildman–Crippen LogP) is 5.61. The molecule has 21 heavy (non-hydrogen) atoms. The van der Waals surface area contributed by atoms with Crippen LogP contribution >= 0.6 is 11.6 Å². The molecule has 1 heterocycles. The van der Waals surface area contributed by atoms with E-state index in [0.717, 1.165) is 28.3 Å². The molecule has 0 N–H and O–H groups in total. The summed E-state index contributed by atoms with van der Waals surface area (Å²) in [5, 5.41) is 3.24. The van der Waals surface area contributed by atoms with Crippen LogP contribution < -0.4 is 4.74 Å². The van der Waals surface area contributed by atoms with Gasteiger partial charge in [-0.25, -0.2) is 0 Å². The lowest BCUT2D eigenvalue weighted by atomic mass is 9.93. The Morgan fingerprint density at radius 3 is 2.62 bits per heavy atom. The summed E-state index contributed by atoms with van der Waals surface area (Å²) >= 11 is 6.00. The van der Waals surface area contributed by atoms with E-state index in [1.807, 2.05) is 24.3 Å². The largest absolute Gasteiger partial charge is 0.464 e. The van der Waals surface area contributed by atoms with Gasteiger partial charge >= 0.3 is 0 Å². The van der Waals surface area contributed by atoms with Crippen LogP contribution in [0.2, 0.25) is 5.02 Å². The van der Waals surface area contributed by atoms with E-state index < -0.39 is 0 Å². The first kappa shape index (κ1) is 12.5. The molecular weight excluding hydrogens is 280 g/mol. The average Bonchev–Trinajstić information content (AvgIpc) is 2.55. The molecule has 3 aromatic rings. The van der Waals surface area contributed by atoms with Crippen LogP contribution in [-0.2, 0) is 6.42 Å². The van der Waals surface area contributed by atoms with E-state index in [9.17, 15) is 0 Å². The van der Waals surface area contributed by atoms with Gasteiger partial charge in [-0.05, 0) is 47.0 Å². The highest BCUT2D eigenvalue weighted by Crippen LogP contribution is 2.40. The summed E-state index contributed by atoms with van der Waals surface area (Å²) in [6, 6.07) is 18.5. The van der Waals surface area contributed by atoms with Gasteiger partial charge in [0, 0.05) is 16.1 Å². The molecule has 1 aliphatic heterocycles. The fourth-order valence-electron chi connectivity index (χ4n) is 2.87. The zero-order valence-corrected chi connectivity index (χ0v) is 12.1. The minimum absolute atomic E-state index is 0.745. The first-order valence-corrected chi connectivity index (χ1v) is 7.33. The van der Waals surface area contributed by atoms with Crippen molar-refractivity contribution in [1.29, 1.82) is 0 Å². The molecule has 1 nitrogen and oxygen atoms in total. The van der Waals surface area contributed by atoms with Crippen LogP contribution in [0, 0.1) is 0 Å². The number of benzene rings is 3. The van der Waals surface area contributed by atoms with Gasteiger partial charge < -0.3 is 4.74 Å². The Balaban J connectivity index is 2.03. The van der Waals surface area contributed by atoms with Gasteiger partial charge in [-0.1, -0.05) is 48.0 Å². The summed E-state index contributed by atoms with van der Waals surface area (Å²) < 4.78 is 5.83. The number of fused-ring (bicyclic) bond motifs is 3. The summed E-state index contributed by atoms with van der Waals surface area (Å²) in [5.74, 6) is 0.957. The summed E-state index contributed by atoms with van der Waals surface area (Å²) in [6.07, 6.45) is 4.73. The fourth-order valence-corrected chi connectivity index (χ4v) is 2.99. The van der Waals surface area contributed by atoms with Gasteiger partial charge in [-0.2, -0.15) is 0 Å². The quantitative estimate of drug-likeness (QED) is 0.566. The fraction of sp³-hybridized carbons (Fsp3) is 0.0526. The molecule has 0 amide bonds. The molecule has 1 aliphatic rings. The summed E-state index contributed by atoms with van der Waals surface area (Å²) in [5.41, 5.74) is 3.49. The molecule has 0 radical (unpaired) electrons. The Labute approximate surface area is 128 Å². The second-order valence-corrected chi connectivity index (χ2v) is 5.59. The minimum atomic E-state index is 0.745. The zero-order chi connectivity index (χ0) is 14.2. The van der Waals surface area contributed by atoms with E-state index in [1.54, 1.807) is 6.26 Å². The molecule has 102 valence electrons. The molecular formula is C19H13ClO. The molecule has 2 heteroatoms. The van der Waals surface area contributed by atoms with Crippen LogP contribution in [-0.4, -0.2) is 0 Å². The van der Waals surface area contributed by atoms with Gasteiger partial charge in [0.2, 0.25) is 0 Å². The van der Waals surface area contributed by atoms with Gasteiger partial charge in [0.15, 0.2) is 0 Å². The van der Waals surface area contributed by atoms with Crippen molar-refractivity contribution in [3.63, 3.8) is 0 Å². The molecule has 0 saturated carbocycles. The zero-order valence-electron chi connectivity index (χ0n) is 11.3. The van der Waals surface area contributed by atoms with E-state index in [-0.39, 0.29) is 0 Å². The highest BCUT2D eigenvalue weighted by Gasteiger charge is 2.17. The number of rotatable bonds is 1. The number of halogens is 1. The third-order valence-corrected chi connectivity index (χ3v) is 4.12. The lowest BCUT2D eigenvalue weighted by Gasteiger charge is -2.19. The van der Waals surface area contributed by atoms with Crippen molar-refractivity contribution in [2.45, 2.75) is 6.42 Å². The third kappa shape index (κ3) is 2.10. The molecule has 0 atom stereocenters. The average molecular weight is 293 g/mol. The van der Waals surface area contributed by atoms with E-state index in [4.69, 9.17) is 16.3 Å². The molecule has 0 spiro atoms. The standard InChI is InChI=1S/C19H13ClO/c20-15-9-7-13(8-10-15)18-12-14-4-1-2-5-16(14)17-6-3-11-21-19(17)18/h1-5,7-12H,6H2. The van der Waals surface area contributed by atoms with Crippen molar-refractivity contribution >= 4 is 22.4 Å². The molecule has 4 rings (SSSR count). The summed E-state index contributed by atoms with van der Waals surface area (Å²) in [4.78, 5) is 0. The number of hydrogen-bond donors (Lipinski definition) is 0. The van der Waals surface area contributed by atoms with Crippen LogP contribution in [0.4, 0.5) is 0 Å². The van der Waals surface area contributed by atoms with E-state index in [2.05, 4.69) is 36.4 Å². The number of allylic oxidation sites excluding steroid dienone is 1. The van der Waals surface area contributed by atoms with Gasteiger partial charge in [0.05, 0.1) is 6.26 Å². The smallest absolute Gasteiger partial charge is 0.138 e. The molecule has 0 aromatic heterocycles. The van der Waals surface area contributed by atoms with Crippen molar-refractivity contribution in [2.24, 2.45) is 0 Å². The highest BCUT2D eigenvalue weighted by molar-refractivity contribution is 6.30. The maximum absolute atomic E-state index is 6.00. The lowest BCUT2D eigenvalue weighted by molar-refractivity contribution is 0.468. The van der Waals surface area contributed by atoms with E-state index in [1.165, 1.54) is 16.3 Å². The first-order valence-electron chi connectivity index (χ1n) is 6.95. The van der Waals surface area contributed by atoms with Gasteiger partial charge in [0.1, 0.15) is 5.75 Å². The molecule has 0 saturated heterocycles. The molecule has 0 bridgehead atoms. The predicted molar refractivity (Wildman–Crippen MR) is 87.9 cm³/mol. The molecule has 0 aliphatic carbocycles. The normalized spacial score (nSPS) is 13.0. The van der Waals surface area contributed by atoms with Crippen LogP contribution in [0.3, 0.4) is 0 Å². The second kappa shape index (κ2) is 4.94. The number of hydrogen-bond acceptors (Lipinski definition) is 1. The highest BCUT2D eigenvalue weighted by atomic mass is 35.5. The second-order valence-electron chi connectivity index (χ2n) is 5.15. The Bertz CT molecular complexity index is 847. The maximum atomic E-state index is 6.00. The lowest BCUT2D eigenvalue weighted by Crippen LogP contribution is -2.00. The van der Waals surface area contributed by atoms with Crippen molar-refractivity contribution in [1.82, 2.24) is 0 Å². The van der Waals surface area contributed by atoms with Gasteiger partial charge in [0.25, 0.3) is 0 Å². The molecule has 0 fully saturated rings. The topological polar surface area (TPSA) is 9.23 Å². The van der Waals surface area contributed by atoms with Crippen LogP contribution in [0.25, 0.3) is 21.9 Å². The third-order valence-electron chi connectivity index (χ3n) is 3.86. The van der Waals surface area contributed by atoms with E-state index >= 15 is 0 Å². The Morgan fingerprint density at radius 1 is 0.952 bits per heavy atom. The van der Waals surface area contributed by atoms with Crippen LogP contribution in [0.15, 0.2) is 66.9 Å². The Hall–Kier alpha value is -2.25. The van der Waals surface area contributed by atoms with Crippen molar-refractivity contribution < 1.29 is 4.74 Å². The van der Waals surface area contributed by atoms with Crippen LogP contribution in [0.5, 0.6) is 5.75 Å². The van der Waals surface area contributed by atoms with Crippen molar-refractivity contribution in [3.8, 4) is 16.9 Å². The molecule has 0 unspecified atom stereocenters. The monoisotopic (exact) mass is 292 g/mol. The Kier molecular flexibility index (Phi) is 2.94. The number of ether oxygens (including phenoxy) is 1. The van der Waals surface area contributed by atoms with Crippen LogP contribution in [0.1, 0.15) is 5.56 Å².